The molecule has 8 heteroatoms. The third-order valence-electron chi connectivity index (χ3n) is 4.94. The van der Waals surface area contributed by atoms with Gasteiger partial charge in [0.15, 0.2) is 0 Å². The highest BCUT2D eigenvalue weighted by molar-refractivity contribution is 6.31. The minimum atomic E-state index is -0.393. The van der Waals surface area contributed by atoms with Crippen molar-refractivity contribution < 1.29 is 13.9 Å². The second kappa shape index (κ2) is 8.82. The highest BCUT2D eigenvalue weighted by atomic mass is 35.5. The third-order valence-corrected chi connectivity index (χ3v) is 5.29. The minimum absolute atomic E-state index is 0.0336. The van der Waals surface area contributed by atoms with Crippen molar-refractivity contribution in [2.75, 3.05) is 33.4 Å². The standard InChI is InChI=1S/C19H24ClFN4O2/c1-24-11-14(8-23-24)16-9-22-10-17(16)19(26)25(5-6-27-2)12-13-3-4-15(21)7-18(13)20/h3-4,7-8,11,16-17,22H,5-6,9-10,12H2,1-2H3/t16-,17+/m1/s1. The number of aryl methyl sites for hydroxylation is 1. The number of methoxy groups -OCH3 is 1. The summed E-state index contributed by atoms with van der Waals surface area (Å²) < 4.78 is 20.2. The summed E-state index contributed by atoms with van der Waals surface area (Å²) in [6, 6.07) is 4.25. The van der Waals surface area contributed by atoms with Gasteiger partial charge in [0.1, 0.15) is 5.82 Å². The second-order valence-corrected chi connectivity index (χ2v) is 7.21. The number of carbonyl (C=O) groups is 1. The van der Waals surface area contributed by atoms with Crippen LogP contribution in [0.5, 0.6) is 0 Å². The van der Waals surface area contributed by atoms with Crippen molar-refractivity contribution in [3.63, 3.8) is 0 Å². The molecule has 6 nitrogen and oxygen atoms in total. The van der Waals surface area contributed by atoms with Crippen molar-refractivity contribution >= 4 is 17.5 Å². The normalized spacial score (nSPS) is 19.4. The molecule has 0 bridgehead atoms. The van der Waals surface area contributed by atoms with E-state index in [9.17, 15) is 9.18 Å². The SMILES string of the molecule is COCCN(Cc1ccc(F)cc1Cl)C(=O)[C@H]1CNC[C@@H]1c1cnn(C)c1. The molecule has 1 N–H and O–H groups in total. The summed E-state index contributed by atoms with van der Waals surface area (Å²) in [7, 11) is 3.47. The number of nitrogens with zero attached hydrogens (tertiary/aromatic N) is 3. The van der Waals surface area contributed by atoms with E-state index < -0.39 is 5.82 Å². The van der Waals surface area contributed by atoms with Crippen LogP contribution in [0.15, 0.2) is 30.6 Å². The van der Waals surface area contributed by atoms with E-state index in [1.54, 1.807) is 22.8 Å². The molecular formula is C19H24ClFN4O2. The molecule has 2 heterocycles. The van der Waals surface area contributed by atoms with E-state index in [0.717, 1.165) is 12.1 Å². The van der Waals surface area contributed by atoms with Gasteiger partial charge in [-0.05, 0) is 23.3 Å². The van der Waals surface area contributed by atoms with Crippen molar-refractivity contribution in [1.82, 2.24) is 20.0 Å². The number of benzene rings is 1. The topological polar surface area (TPSA) is 59.4 Å². The van der Waals surface area contributed by atoms with Crippen LogP contribution in [0.3, 0.4) is 0 Å². The quantitative estimate of drug-likeness (QED) is 0.782. The van der Waals surface area contributed by atoms with Crippen LogP contribution in [-0.2, 0) is 23.1 Å². The van der Waals surface area contributed by atoms with Gasteiger partial charge in [-0.1, -0.05) is 17.7 Å². The van der Waals surface area contributed by atoms with Gasteiger partial charge in [-0.15, -0.1) is 0 Å². The van der Waals surface area contributed by atoms with Crippen LogP contribution in [0.25, 0.3) is 0 Å². The average Bonchev–Trinajstić information content (AvgIpc) is 3.28. The largest absolute Gasteiger partial charge is 0.383 e. The lowest BCUT2D eigenvalue weighted by Gasteiger charge is -2.28. The Morgan fingerprint density at radius 1 is 1.48 bits per heavy atom. The Balaban J connectivity index is 1.79. The first-order valence-electron chi connectivity index (χ1n) is 8.90. The lowest BCUT2D eigenvalue weighted by Crippen LogP contribution is -2.40. The fraction of sp³-hybridized carbons (Fsp3) is 0.474. The van der Waals surface area contributed by atoms with E-state index in [4.69, 9.17) is 16.3 Å². The van der Waals surface area contributed by atoms with Gasteiger partial charge in [-0.2, -0.15) is 5.10 Å². The molecule has 0 saturated carbocycles. The van der Waals surface area contributed by atoms with E-state index in [-0.39, 0.29) is 17.7 Å². The molecule has 0 spiro atoms. The summed E-state index contributed by atoms with van der Waals surface area (Å²) in [5.74, 6) is -0.480. The maximum atomic E-state index is 13.3. The zero-order valence-corrected chi connectivity index (χ0v) is 16.2. The monoisotopic (exact) mass is 394 g/mol. The van der Waals surface area contributed by atoms with E-state index in [1.807, 2.05) is 19.4 Å². The van der Waals surface area contributed by atoms with Crippen LogP contribution in [-0.4, -0.2) is 53.9 Å². The predicted molar refractivity (Wildman–Crippen MR) is 101 cm³/mol. The van der Waals surface area contributed by atoms with Crippen molar-refractivity contribution in [2.24, 2.45) is 13.0 Å². The molecule has 0 unspecified atom stereocenters. The van der Waals surface area contributed by atoms with Gasteiger partial charge in [0.05, 0.1) is 18.7 Å². The number of hydrogen-bond donors (Lipinski definition) is 1. The zero-order valence-electron chi connectivity index (χ0n) is 15.5. The lowest BCUT2D eigenvalue weighted by molar-refractivity contribution is -0.136. The Morgan fingerprint density at radius 3 is 2.96 bits per heavy atom. The van der Waals surface area contributed by atoms with Crippen LogP contribution in [0.2, 0.25) is 5.02 Å². The maximum absolute atomic E-state index is 13.3. The first kappa shape index (κ1) is 19.8. The molecule has 1 aromatic heterocycles. The Hall–Kier alpha value is -1.96. The molecule has 1 saturated heterocycles. The molecule has 146 valence electrons. The molecule has 0 radical (unpaired) electrons. The van der Waals surface area contributed by atoms with Crippen LogP contribution in [0.1, 0.15) is 17.0 Å². The van der Waals surface area contributed by atoms with E-state index in [2.05, 4.69) is 10.4 Å². The molecule has 1 amide bonds. The fourth-order valence-corrected chi connectivity index (χ4v) is 3.71. The maximum Gasteiger partial charge on any atom is 0.228 e. The average molecular weight is 395 g/mol. The van der Waals surface area contributed by atoms with Gasteiger partial charge in [0.25, 0.3) is 0 Å². The number of ether oxygens (including phenoxy) is 1. The number of amides is 1. The molecule has 1 aliphatic heterocycles. The van der Waals surface area contributed by atoms with Crippen molar-refractivity contribution in [1.29, 1.82) is 0 Å². The molecule has 3 rings (SSSR count). The highest BCUT2D eigenvalue weighted by Crippen LogP contribution is 2.30. The summed E-state index contributed by atoms with van der Waals surface area (Å²) >= 11 is 6.17. The number of hydrogen-bond acceptors (Lipinski definition) is 4. The zero-order chi connectivity index (χ0) is 19.4. The summed E-state index contributed by atoms with van der Waals surface area (Å²) in [6.07, 6.45) is 3.77. The molecular weight excluding hydrogens is 371 g/mol. The van der Waals surface area contributed by atoms with Gasteiger partial charge < -0.3 is 15.0 Å². The van der Waals surface area contributed by atoms with Gasteiger partial charge in [-0.3, -0.25) is 9.48 Å². The Kier molecular flexibility index (Phi) is 6.46. The Labute approximate surface area is 163 Å². The summed E-state index contributed by atoms with van der Waals surface area (Å²) in [5, 5.41) is 7.86. The number of aromatic nitrogens is 2. The molecule has 27 heavy (non-hydrogen) atoms. The minimum Gasteiger partial charge on any atom is -0.383 e. The third kappa shape index (κ3) is 4.66. The number of nitrogens with one attached hydrogen (secondary N) is 1. The molecule has 2 atom stereocenters. The van der Waals surface area contributed by atoms with Crippen LogP contribution in [0, 0.1) is 11.7 Å². The molecule has 1 aromatic carbocycles. The second-order valence-electron chi connectivity index (χ2n) is 6.81. The van der Waals surface area contributed by atoms with Crippen LogP contribution >= 0.6 is 11.6 Å². The fourth-order valence-electron chi connectivity index (χ4n) is 3.48. The van der Waals surface area contributed by atoms with Crippen molar-refractivity contribution in [3.8, 4) is 0 Å². The van der Waals surface area contributed by atoms with Crippen molar-refractivity contribution in [3.05, 3.63) is 52.6 Å². The molecule has 0 aliphatic carbocycles. The lowest BCUT2D eigenvalue weighted by atomic mass is 9.89. The predicted octanol–water partition coefficient (Wildman–Crippen LogP) is 2.19. The Bertz CT molecular complexity index is 798. The van der Waals surface area contributed by atoms with Gasteiger partial charge in [0, 0.05) is 57.5 Å². The number of rotatable bonds is 7. The summed E-state index contributed by atoms with van der Waals surface area (Å²) in [6.45, 7) is 2.52. The molecule has 1 aliphatic rings. The number of halogens is 2. The molecule has 1 fully saturated rings. The summed E-state index contributed by atoms with van der Waals surface area (Å²) in [5.41, 5.74) is 1.76. The highest BCUT2D eigenvalue weighted by Gasteiger charge is 2.37. The summed E-state index contributed by atoms with van der Waals surface area (Å²) in [4.78, 5) is 15.1. The Morgan fingerprint density at radius 2 is 2.30 bits per heavy atom. The smallest absolute Gasteiger partial charge is 0.228 e. The van der Waals surface area contributed by atoms with Gasteiger partial charge >= 0.3 is 0 Å². The van der Waals surface area contributed by atoms with Gasteiger partial charge in [-0.25, -0.2) is 4.39 Å². The van der Waals surface area contributed by atoms with E-state index in [1.165, 1.54) is 12.1 Å². The van der Waals surface area contributed by atoms with E-state index in [0.29, 0.717) is 36.8 Å². The van der Waals surface area contributed by atoms with Crippen molar-refractivity contribution in [2.45, 2.75) is 12.5 Å². The first-order chi connectivity index (χ1) is 13.0. The first-order valence-corrected chi connectivity index (χ1v) is 9.28. The molecule has 2 aromatic rings. The van der Waals surface area contributed by atoms with Crippen LogP contribution in [0.4, 0.5) is 4.39 Å². The number of carbonyl (C=O) groups excluding carboxylic acids is 1. The van der Waals surface area contributed by atoms with Gasteiger partial charge in [0.2, 0.25) is 5.91 Å². The van der Waals surface area contributed by atoms with Crippen LogP contribution < -0.4 is 5.32 Å². The van der Waals surface area contributed by atoms with E-state index >= 15 is 0 Å².